The van der Waals surface area contributed by atoms with Crippen LogP contribution in [0.2, 0.25) is 0 Å². The monoisotopic (exact) mass is 336 g/mol. The molecule has 8 heteroatoms. The van der Waals surface area contributed by atoms with E-state index >= 15 is 0 Å². The summed E-state index contributed by atoms with van der Waals surface area (Å²) in [6, 6.07) is 8.94. The number of hydrogen-bond donors (Lipinski definition) is 2. The highest BCUT2D eigenvalue weighted by Crippen LogP contribution is 2.30. The molecule has 0 bridgehead atoms. The molecule has 1 heterocycles. The molecule has 2 rings (SSSR count). The molecule has 1 aliphatic heterocycles. The number of hydrogen-bond acceptors (Lipinski definition) is 5. The smallest absolute Gasteiger partial charge is 0.323 e. The van der Waals surface area contributed by atoms with Gasteiger partial charge >= 0.3 is 5.97 Å². The van der Waals surface area contributed by atoms with Crippen LogP contribution in [0.1, 0.15) is 6.42 Å². The highest BCUT2D eigenvalue weighted by atomic mass is 32.2. The molecule has 0 aromatic heterocycles. The van der Waals surface area contributed by atoms with E-state index in [1.165, 1.54) is 6.08 Å². The van der Waals surface area contributed by atoms with Crippen molar-refractivity contribution in [3.05, 3.63) is 41.3 Å². The summed E-state index contributed by atoms with van der Waals surface area (Å²) in [5.74, 6) is -1.89. The van der Waals surface area contributed by atoms with Crippen molar-refractivity contribution >= 4 is 51.8 Å². The summed E-state index contributed by atoms with van der Waals surface area (Å²) in [5.41, 5.74) is 0.666. The maximum Gasteiger partial charge on any atom is 0.323 e. The molecule has 1 aliphatic rings. The minimum absolute atomic E-state index is 0.00644. The number of carbonyl (C=O) groups is 3. The van der Waals surface area contributed by atoms with Crippen LogP contribution >= 0.6 is 24.0 Å². The molecule has 0 unspecified atom stereocenters. The average molecular weight is 336 g/mol. The highest BCUT2D eigenvalue weighted by molar-refractivity contribution is 8.26. The van der Waals surface area contributed by atoms with Crippen molar-refractivity contribution in [1.29, 1.82) is 0 Å². The molecule has 0 radical (unpaired) electrons. The molecule has 6 nitrogen and oxygen atoms in total. The molecule has 0 spiro atoms. The van der Waals surface area contributed by atoms with Gasteiger partial charge in [-0.15, -0.1) is 0 Å². The Labute approximate surface area is 136 Å². The van der Waals surface area contributed by atoms with Gasteiger partial charge < -0.3 is 10.4 Å². The zero-order chi connectivity index (χ0) is 16.1. The second-order valence-corrected chi connectivity index (χ2v) is 6.02. The number of benzene rings is 1. The van der Waals surface area contributed by atoms with Gasteiger partial charge in [-0.2, -0.15) is 0 Å². The first-order chi connectivity index (χ1) is 10.5. The van der Waals surface area contributed by atoms with Crippen LogP contribution < -0.4 is 5.32 Å². The van der Waals surface area contributed by atoms with Crippen molar-refractivity contribution in [2.45, 2.75) is 6.42 Å². The van der Waals surface area contributed by atoms with E-state index in [9.17, 15) is 14.4 Å². The molecule has 0 saturated carbocycles. The summed E-state index contributed by atoms with van der Waals surface area (Å²) in [6.45, 7) is -0.474. The van der Waals surface area contributed by atoms with Gasteiger partial charge in [0.1, 0.15) is 10.9 Å². The summed E-state index contributed by atoms with van der Waals surface area (Å²) < 4.78 is 0.183. The molecular weight excluding hydrogens is 324 g/mol. The van der Waals surface area contributed by atoms with Crippen molar-refractivity contribution in [1.82, 2.24) is 4.90 Å². The third kappa shape index (κ3) is 4.15. The lowest BCUT2D eigenvalue weighted by Crippen LogP contribution is -2.33. The lowest BCUT2D eigenvalue weighted by atomic mass is 10.3. The first-order valence-electron chi connectivity index (χ1n) is 6.28. The SMILES string of the molecule is O=C(O)CN1C(=O)C(=CCC(=O)Nc2ccccc2)SC1=S. The standard InChI is InChI=1S/C14H12N2O4S2/c17-11(15-9-4-2-1-3-5-9)7-6-10-13(20)16(8-12(18)19)14(21)22-10/h1-6H,7-8H2,(H,15,17)(H,18,19). The van der Waals surface area contributed by atoms with Crippen LogP contribution in [0.5, 0.6) is 0 Å². The van der Waals surface area contributed by atoms with E-state index in [2.05, 4.69) is 5.32 Å². The van der Waals surface area contributed by atoms with Gasteiger partial charge in [-0.3, -0.25) is 19.3 Å². The molecule has 1 saturated heterocycles. The molecule has 1 fully saturated rings. The zero-order valence-electron chi connectivity index (χ0n) is 11.3. The molecule has 22 heavy (non-hydrogen) atoms. The van der Waals surface area contributed by atoms with Gasteiger partial charge in [0, 0.05) is 12.1 Å². The second-order valence-electron chi connectivity index (χ2n) is 4.34. The molecule has 2 amide bonds. The fraction of sp³-hybridized carbons (Fsp3) is 0.143. The number of thiocarbonyl (C=S) groups is 1. The van der Waals surface area contributed by atoms with Crippen LogP contribution in [0, 0.1) is 0 Å². The van der Waals surface area contributed by atoms with Crippen LogP contribution in [0.25, 0.3) is 0 Å². The maximum absolute atomic E-state index is 12.0. The maximum atomic E-state index is 12.0. The third-order valence-electron chi connectivity index (χ3n) is 2.70. The number of nitrogens with zero attached hydrogens (tertiary/aromatic N) is 1. The Hall–Kier alpha value is -2.19. The van der Waals surface area contributed by atoms with E-state index in [0.717, 1.165) is 16.7 Å². The van der Waals surface area contributed by atoms with Crippen molar-refractivity contribution in [3.8, 4) is 0 Å². The number of carboxylic acids is 1. The van der Waals surface area contributed by atoms with Crippen LogP contribution in [0.15, 0.2) is 41.3 Å². The molecule has 1 aromatic carbocycles. The van der Waals surface area contributed by atoms with Gasteiger partial charge in [-0.1, -0.05) is 48.3 Å². The van der Waals surface area contributed by atoms with E-state index in [1.54, 1.807) is 24.3 Å². The lowest BCUT2D eigenvalue weighted by Gasteiger charge is -2.10. The summed E-state index contributed by atoms with van der Waals surface area (Å²) in [4.78, 5) is 35.7. The first-order valence-corrected chi connectivity index (χ1v) is 7.50. The van der Waals surface area contributed by atoms with E-state index in [1.807, 2.05) is 6.07 Å². The fourth-order valence-electron chi connectivity index (χ4n) is 1.73. The molecule has 2 N–H and O–H groups in total. The Bertz CT molecular complexity index is 658. The van der Waals surface area contributed by atoms with Crippen LogP contribution in [-0.2, 0) is 14.4 Å². The number of anilines is 1. The molecule has 114 valence electrons. The molecular formula is C14H12N2O4S2. The van der Waals surface area contributed by atoms with Crippen LogP contribution in [-0.4, -0.2) is 38.7 Å². The van der Waals surface area contributed by atoms with Gasteiger partial charge in [0.15, 0.2) is 0 Å². The van der Waals surface area contributed by atoms with Gasteiger partial charge in [0.2, 0.25) is 5.91 Å². The summed E-state index contributed by atoms with van der Waals surface area (Å²) in [5, 5.41) is 11.4. The second kappa shape index (κ2) is 7.19. The van der Waals surface area contributed by atoms with Crippen molar-refractivity contribution in [2.24, 2.45) is 0 Å². The van der Waals surface area contributed by atoms with E-state index in [4.69, 9.17) is 17.3 Å². The van der Waals surface area contributed by atoms with E-state index in [0.29, 0.717) is 5.69 Å². The fourth-order valence-corrected chi connectivity index (χ4v) is 2.95. The zero-order valence-corrected chi connectivity index (χ0v) is 12.9. The number of carbonyl (C=O) groups excluding carboxylic acids is 2. The number of nitrogens with one attached hydrogen (secondary N) is 1. The van der Waals surface area contributed by atoms with Crippen molar-refractivity contribution in [2.75, 3.05) is 11.9 Å². The van der Waals surface area contributed by atoms with Crippen LogP contribution in [0.3, 0.4) is 0 Å². The Kier molecular flexibility index (Phi) is 5.29. The number of carboxylic acid groups (broad SMARTS) is 1. The summed E-state index contributed by atoms with van der Waals surface area (Å²) in [7, 11) is 0. The molecule has 0 atom stereocenters. The number of amides is 2. The number of rotatable bonds is 5. The summed E-state index contributed by atoms with van der Waals surface area (Å²) >= 11 is 5.96. The van der Waals surface area contributed by atoms with Crippen molar-refractivity contribution in [3.63, 3.8) is 0 Å². The molecule has 0 aliphatic carbocycles. The Morgan fingerprint density at radius 1 is 1.32 bits per heavy atom. The van der Waals surface area contributed by atoms with Gasteiger partial charge in [0.25, 0.3) is 5.91 Å². The first kappa shape index (κ1) is 16.2. The average Bonchev–Trinajstić information content (AvgIpc) is 2.73. The Morgan fingerprint density at radius 3 is 2.64 bits per heavy atom. The van der Waals surface area contributed by atoms with Crippen molar-refractivity contribution < 1.29 is 19.5 Å². The highest BCUT2D eigenvalue weighted by Gasteiger charge is 2.33. The Balaban J connectivity index is 1.96. The minimum Gasteiger partial charge on any atom is -0.480 e. The van der Waals surface area contributed by atoms with E-state index in [-0.39, 0.29) is 21.6 Å². The summed E-state index contributed by atoms with van der Waals surface area (Å²) in [6.07, 6.45) is 1.46. The third-order valence-corrected chi connectivity index (χ3v) is 4.12. The normalized spacial score (nSPS) is 16.2. The minimum atomic E-state index is -1.14. The largest absolute Gasteiger partial charge is 0.480 e. The quantitative estimate of drug-likeness (QED) is 0.630. The topological polar surface area (TPSA) is 86.7 Å². The van der Waals surface area contributed by atoms with Gasteiger partial charge in [-0.25, -0.2) is 0 Å². The Morgan fingerprint density at radius 2 is 2.00 bits per heavy atom. The lowest BCUT2D eigenvalue weighted by molar-refractivity contribution is -0.140. The number of thioether (sulfide) groups is 1. The molecule has 1 aromatic rings. The number of aliphatic carboxylic acids is 1. The van der Waals surface area contributed by atoms with Gasteiger partial charge in [0.05, 0.1) is 4.91 Å². The number of para-hydroxylation sites is 1. The predicted octanol–water partition coefficient (Wildman–Crippen LogP) is 1.84. The predicted molar refractivity (Wildman–Crippen MR) is 87.3 cm³/mol. The van der Waals surface area contributed by atoms with E-state index < -0.39 is 18.4 Å². The van der Waals surface area contributed by atoms with Crippen LogP contribution in [0.4, 0.5) is 5.69 Å². The van der Waals surface area contributed by atoms with Gasteiger partial charge in [-0.05, 0) is 12.1 Å².